The molecule has 0 radical (unpaired) electrons. The second-order valence-electron chi connectivity index (χ2n) is 5.71. The summed E-state index contributed by atoms with van der Waals surface area (Å²) in [5.41, 5.74) is 2.72. The summed E-state index contributed by atoms with van der Waals surface area (Å²) < 4.78 is 10.7. The molecule has 1 atom stereocenters. The van der Waals surface area contributed by atoms with Crippen molar-refractivity contribution in [1.82, 2.24) is 0 Å². The van der Waals surface area contributed by atoms with E-state index in [0.29, 0.717) is 6.42 Å². The molecule has 0 aliphatic carbocycles. The lowest BCUT2D eigenvalue weighted by atomic mass is 9.77. The van der Waals surface area contributed by atoms with Gasteiger partial charge in [0.25, 0.3) is 0 Å². The number of hydrogen-bond acceptors (Lipinski definition) is 3. The van der Waals surface area contributed by atoms with Crippen molar-refractivity contribution in [2.75, 3.05) is 6.79 Å². The van der Waals surface area contributed by atoms with Crippen LogP contribution in [0.2, 0.25) is 0 Å². The number of benzene rings is 2. The van der Waals surface area contributed by atoms with Gasteiger partial charge in [-0.2, -0.15) is 0 Å². The molecular formula is C18H18O3. The summed E-state index contributed by atoms with van der Waals surface area (Å²) in [7, 11) is 0. The van der Waals surface area contributed by atoms with Gasteiger partial charge in [0.05, 0.1) is 5.41 Å². The minimum absolute atomic E-state index is 0.265. The number of carbonyl (C=O) groups is 1. The molecule has 2 aromatic rings. The van der Waals surface area contributed by atoms with Crippen molar-refractivity contribution < 1.29 is 14.3 Å². The molecule has 0 amide bonds. The molecule has 0 N–H and O–H groups in total. The summed E-state index contributed by atoms with van der Waals surface area (Å²) in [6.45, 7) is 4.28. The molecule has 0 bridgehead atoms. The van der Waals surface area contributed by atoms with Crippen molar-refractivity contribution >= 4 is 6.29 Å². The smallest absolute Gasteiger partial charge is 0.231 e. The van der Waals surface area contributed by atoms with Crippen LogP contribution in [0.4, 0.5) is 0 Å². The monoisotopic (exact) mass is 282 g/mol. The first kappa shape index (κ1) is 13.7. The summed E-state index contributed by atoms with van der Waals surface area (Å²) in [4.78, 5) is 11.8. The van der Waals surface area contributed by atoms with E-state index in [1.807, 2.05) is 56.3 Å². The van der Waals surface area contributed by atoms with E-state index < -0.39 is 5.41 Å². The first-order chi connectivity index (χ1) is 10.1. The van der Waals surface area contributed by atoms with Crippen molar-refractivity contribution in [1.29, 1.82) is 0 Å². The molecule has 3 heteroatoms. The van der Waals surface area contributed by atoms with Gasteiger partial charge in [-0.3, -0.25) is 0 Å². The summed E-state index contributed by atoms with van der Waals surface area (Å²) in [5, 5.41) is 0. The number of carbonyl (C=O) groups excluding carboxylic acids is 1. The molecule has 3 nitrogen and oxygen atoms in total. The molecule has 0 aromatic heterocycles. The predicted molar refractivity (Wildman–Crippen MR) is 80.9 cm³/mol. The topological polar surface area (TPSA) is 35.5 Å². The van der Waals surface area contributed by atoms with Crippen LogP contribution in [0.5, 0.6) is 11.5 Å². The molecule has 1 aliphatic rings. The van der Waals surface area contributed by atoms with Crippen molar-refractivity contribution in [3.05, 3.63) is 59.2 Å². The third-order valence-corrected chi connectivity index (χ3v) is 4.03. The van der Waals surface area contributed by atoms with Crippen molar-refractivity contribution in [2.24, 2.45) is 0 Å². The zero-order valence-electron chi connectivity index (χ0n) is 12.3. The summed E-state index contributed by atoms with van der Waals surface area (Å²) in [6.07, 6.45) is 1.68. The molecule has 1 heterocycles. The molecule has 1 aliphatic heterocycles. The summed E-state index contributed by atoms with van der Waals surface area (Å²) in [5.74, 6) is 1.52. The molecule has 2 aromatic carbocycles. The number of fused-ring (bicyclic) bond motifs is 1. The Morgan fingerprint density at radius 2 is 1.90 bits per heavy atom. The Hall–Kier alpha value is -2.29. The van der Waals surface area contributed by atoms with Crippen molar-refractivity contribution in [3.63, 3.8) is 0 Å². The van der Waals surface area contributed by atoms with E-state index in [2.05, 4.69) is 0 Å². The fraction of sp³-hybridized carbons (Fsp3) is 0.278. The average molecular weight is 282 g/mol. The van der Waals surface area contributed by atoms with Crippen LogP contribution in [0.3, 0.4) is 0 Å². The fourth-order valence-corrected chi connectivity index (χ4v) is 2.89. The quantitative estimate of drug-likeness (QED) is 0.806. The zero-order valence-corrected chi connectivity index (χ0v) is 12.3. The van der Waals surface area contributed by atoms with Gasteiger partial charge in [-0.05, 0) is 49.1 Å². The van der Waals surface area contributed by atoms with E-state index in [1.54, 1.807) is 0 Å². The van der Waals surface area contributed by atoms with Gasteiger partial charge in [0.1, 0.15) is 6.29 Å². The van der Waals surface area contributed by atoms with Crippen molar-refractivity contribution in [3.8, 4) is 11.5 Å². The Morgan fingerprint density at radius 3 is 2.67 bits per heavy atom. The Kier molecular flexibility index (Phi) is 3.42. The third-order valence-electron chi connectivity index (χ3n) is 4.03. The maximum Gasteiger partial charge on any atom is 0.231 e. The van der Waals surface area contributed by atoms with Gasteiger partial charge in [-0.1, -0.05) is 30.3 Å². The van der Waals surface area contributed by atoms with Crippen LogP contribution in [-0.2, 0) is 16.6 Å². The predicted octanol–water partition coefficient (Wildman–Crippen LogP) is 3.42. The Bertz CT molecular complexity index is 678. The van der Waals surface area contributed by atoms with Crippen LogP contribution < -0.4 is 9.47 Å². The number of rotatable bonds is 4. The minimum Gasteiger partial charge on any atom is -0.454 e. The highest BCUT2D eigenvalue weighted by molar-refractivity contribution is 5.70. The Balaban J connectivity index is 1.94. The van der Waals surface area contributed by atoms with Gasteiger partial charge in [0, 0.05) is 0 Å². The van der Waals surface area contributed by atoms with Gasteiger partial charge in [-0.25, -0.2) is 0 Å². The van der Waals surface area contributed by atoms with Crippen LogP contribution in [0, 0.1) is 6.92 Å². The molecular weight excluding hydrogens is 264 g/mol. The fourth-order valence-electron chi connectivity index (χ4n) is 2.89. The lowest BCUT2D eigenvalue weighted by Crippen LogP contribution is -2.27. The first-order valence-corrected chi connectivity index (χ1v) is 7.03. The highest BCUT2D eigenvalue weighted by Crippen LogP contribution is 2.35. The third kappa shape index (κ3) is 2.51. The van der Waals surface area contributed by atoms with E-state index in [4.69, 9.17) is 9.47 Å². The molecule has 0 saturated carbocycles. The maximum absolute atomic E-state index is 11.8. The second kappa shape index (κ2) is 5.24. The Labute approximate surface area is 124 Å². The standard InChI is InChI=1S/C18H18O3/c1-13-5-3-4-6-15(13)18(2,11-19)10-14-7-8-16-17(9-14)21-12-20-16/h3-9,11H,10,12H2,1-2H3. The first-order valence-electron chi connectivity index (χ1n) is 7.03. The lowest BCUT2D eigenvalue weighted by Gasteiger charge is -2.25. The van der Waals surface area contributed by atoms with Crippen LogP contribution in [0.1, 0.15) is 23.6 Å². The van der Waals surface area contributed by atoms with Crippen LogP contribution in [0.15, 0.2) is 42.5 Å². The van der Waals surface area contributed by atoms with E-state index in [-0.39, 0.29) is 6.79 Å². The molecule has 0 spiro atoms. The molecule has 21 heavy (non-hydrogen) atoms. The van der Waals surface area contributed by atoms with Gasteiger partial charge in [0.15, 0.2) is 11.5 Å². The molecule has 0 fully saturated rings. The van der Waals surface area contributed by atoms with Crippen LogP contribution in [-0.4, -0.2) is 13.1 Å². The largest absolute Gasteiger partial charge is 0.454 e. The van der Waals surface area contributed by atoms with E-state index in [0.717, 1.165) is 34.5 Å². The van der Waals surface area contributed by atoms with Gasteiger partial charge in [0.2, 0.25) is 6.79 Å². The SMILES string of the molecule is Cc1ccccc1C(C)(C=O)Cc1ccc2c(c1)OCO2. The summed E-state index contributed by atoms with van der Waals surface area (Å²) >= 11 is 0. The van der Waals surface area contributed by atoms with Crippen molar-refractivity contribution in [2.45, 2.75) is 25.7 Å². The van der Waals surface area contributed by atoms with Crippen LogP contribution in [0.25, 0.3) is 0 Å². The minimum atomic E-state index is -0.543. The molecule has 3 rings (SSSR count). The van der Waals surface area contributed by atoms with E-state index in [1.165, 1.54) is 0 Å². The molecule has 108 valence electrons. The van der Waals surface area contributed by atoms with E-state index >= 15 is 0 Å². The average Bonchev–Trinajstić information content (AvgIpc) is 2.95. The Morgan fingerprint density at radius 1 is 1.14 bits per heavy atom. The lowest BCUT2D eigenvalue weighted by molar-refractivity contribution is -0.112. The van der Waals surface area contributed by atoms with E-state index in [9.17, 15) is 4.79 Å². The number of ether oxygens (including phenoxy) is 2. The number of hydrogen-bond donors (Lipinski definition) is 0. The number of aldehydes is 1. The van der Waals surface area contributed by atoms with Gasteiger partial charge >= 0.3 is 0 Å². The second-order valence-corrected chi connectivity index (χ2v) is 5.71. The zero-order chi connectivity index (χ0) is 14.9. The van der Waals surface area contributed by atoms with Crippen LogP contribution >= 0.6 is 0 Å². The number of aryl methyl sites for hydroxylation is 1. The summed E-state index contributed by atoms with van der Waals surface area (Å²) in [6, 6.07) is 13.9. The molecule has 1 unspecified atom stereocenters. The highest BCUT2D eigenvalue weighted by atomic mass is 16.7. The maximum atomic E-state index is 11.8. The van der Waals surface area contributed by atoms with Gasteiger partial charge in [-0.15, -0.1) is 0 Å². The van der Waals surface area contributed by atoms with Gasteiger partial charge < -0.3 is 14.3 Å². The highest BCUT2D eigenvalue weighted by Gasteiger charge is 2.28. The molecule has 0 saturated heterocycles. The normalized spacial score (nSPS) is 15.5.